The van der Waals surface area contributed by atoms with E-state index in [1.54, 1.807) is 17.8 Å². The zero-order valence-corrected chi connectivity index (χ0v) is 12.0. The van der Waals surface area contributed by atoms with Crippen LogP contribution in [0.2, 0.25) is 0 Å². The molecule has 0 saturated carbocycles. The standard InChI is InChI=1S/C15H19N3O2/c1-4-20-15(19)13-9-17-18(10-13)14-7-5-12(6-8-14)11(2)16-3/h5-11,16H,4H2,1-3H3. The van der Waals surface area contributed by atoms with Crippen LogP contribution in [0.3, 0.4) is 0 Å². The molecule has 20 heavy (non-hydrogen) atoms. The number of hydrogen-bond acceptors (Lipinski definition) is 4. The van der Waals surface area contributed by atoms with E-state index in [2.05, 4.69) is 17.3 Å². The highest BCUT2D eigenvalue weighted by atomic mass is 16.5. The van der Waals surface area contributed by atoms with E-state index in [1.165, 1.54) is 11.8 Å². The van der Waals surface area contributed by atoms with Crippen molar-refractivity contribution in [2.75, 3.05) is 13.7 Å². The topological polar surface area (TPSA) is 56.1 Å². The summed E-state index contributed by atoms with van der Waals surface area (Å²) in [6.07, 6.45) is 3.19. The van der Waals surface area contributed by atoms with Gasteiger partial charge in [0.25, 0.3) is 0 Å². The Kier molecular flexibility index (Phi) is 4.53. The van der Waals surface area contributed by atoms with Crippen molar-refractivity contribution in [1.82, 2.24) is 15.1 Å². The molecule has 2 rings (SSSR count). The highest BCUT2D eigenvalue weighted by molar-refractivity contribution is 5.88. The Morgan fingerprint density at radius 1 is 1.40 bits per heavy atom. The molecular weight excluding hydrogens is 254 g/mol. The molecule has 0 aliphatic heterocycles. The lowest BCUT2D eigenvalue weighted by molar-refractivity contribution is 0.0526. The van der Waals surface area contributed by atoms with Gasteiger partial charge < -0.3 is 10.1 Å². The van der Waals surface area contributed by atoms with E-state index in [1.807, 2.05) is 31.3 Å². The van der Waals surface area contributed by atoms with Gasteiger partial charge in [0.2, 0.25) is 0 Å². The monoisotopic (exact) mass is 273 g/mol. The fraction of sp³-hybridized carbons (Fsp3) is 0.333. The minimum atomic E-state index is -0.348. The molecule has 0 bridgehead atoms. The van der Waals surface area contributed by atoms with E-state index in [0.717, 1.165) is 5.69 Å². The number of carbonyl (C=O) groups excluding carboxylic acids is 1. The maximum absolute atomic E-state index is 11.6. The zero-order valence-electron chi connectivity index (χ0n) is 12.0. The number of benzene rings is 1. The third-order valence-corrected chi connectivity index (χ3v) is 3.18. The van der Waals surface area contributed by atoms with E-state index in [4.69, 9.17) is 4.74 Å². The maximum Gasteiger partial charge on any atom is 0.341 e. The molecule has 1 unspecified atom stereocenters. The van der Waals surface area contributed by atoms with Crippen LogP contribution in [0.15, 0.2) is 36.7 Å². The number of esters is 1. The van der Waals surface area contributed by atoms with Crippen LogP contribution < -0.4 is 5.32 Å². The fourth-order valence-corrected chi connectivity index (χ4v) is 1.87. The predicted molar refractivity (Wildman–Crippen MR) is 77.0 cm³/mol. The second-order valence-corrected chi connectivity index (χ2v) is 4.50. The molecule has 0 aliphatic rings. The van der Waals surface area contributed by atoms with E-state index in [0.29, 0.717) is 18.2 Å². The number of rotatable bonds is 5. The Labute approximate surface area is 118 Å². The highest BCUT2D eigenvalue weighted by Crippen LogP contribution is 2.15. The SMILES string of the molecule is CCOC(=O)c1cnn(-c2ccc(C(C)NC)cc2)c1. The van der Waals surface area contributed by atoms with Gasteiger partial charge in [0, 0.05) is 12.2 Å². The molecule has 1 heterocycles. The van der Waals surface area contributed by atoms with Crippen LogP contribution in [0, 0.1) is 0 Å². The van der Waals surface area contributed by atoms with Gasteiger partial charge in [-0.3, -0.25) is 0 Å². The first-order chi connectivity index (χ1) is 9.65. The molecule has 0 spiro atoms. The Hall–Kier alpha value is -2.14. The molecule has 1 N–H and O–H groups in total. The van der Waals surface area contributed by atoms with Gasteiger partial charge in [0.15, 0.2) is 0 Å². The van der Waals surface area contributed by atoms with Crippen molar-refractivity contribution in [3.63, 3.8) is 0 Å². The van der Waals surface area contributed by atoms with Crippen molar-refractivity contribution in [2.24, 2.45) is 0 Å². The van der Waals surface area contributed by atoms with Gasteiger partial charge in [-0.25, -0.2) is 9.48 Å². The molecule has 1 aromatic heterocycles. The van der Waals surface area contributed by atoms with Crippen LogP contribution in [0.4, 0.5) is 0 Å². The van der Waals surface area contributed by atoms with E-state index >= 15 is 0 Å². The lowest BCUT2D eigenvalue weighted by Gasteiger charge is -2.11. The van der Waals surface area contributed by atoms with Crippen molar-refractivity contribution >= 4 is 5.97 Å². The van der Waals surface area contributed by atoms with Crippen molar-refractivity contribution in [3.8, 4) is 5.69 Å². The summed E-state index contributed by atoms with van der Waals surface area (Å²) in [6.45, 7) is 4.24. The molecule has 1 atom stereocenters. The smallest absolute Gasteiger partial charge is 0.341 e. The first kappa shape index (κ1) is 14.3. The predicted octanol–water partition coefficient (Wildman–Crippen LogP) is 2.33. The van der Waals surface area contributed by atoms with Crippen molar-refractivity contribution in [3.05, 3.63) is 47.8 Å². The van der Waals surface area contributed by atoms with Crippen molar-refractivity contribution in [1.29, 1.82) is 0 Å². The molecular formula is C15H19N3O2. The quantitative estimate of drug-likeness (QED) is 0.849. The summed E-state index contributed by atoms with van der Waals surface area (Å²) in [5.41, 5.74) is 2.57. The summed E-state index contributed by atoms with van der Waals surface area (Å²) in [5, 5.41) is 7.37. The molecule has 106 valence electrons. The second kappa shape index (κ2) is 6.34. The molecule has 5 nitrogen and oxygen atoms in total. The lowest BCUT2D eigenvalue weighted by atomic mass is 10.1. The minimum Gasteiger partial charge on any atom is -0.462 e. The summed E-state index contributed by atoms with van der Waals surface area (Å²) in [5.74, 6) is -0.348. The number of aromatic nitrogens is 2. The van der Waals surface area contributed by atoms with E-state index in [-0.39, 0.29) is 5.97 Å². The zero-order chi connectivity index (χ0) is 14.5. The minimum absolute atomic E-state index is 0.303. The normalized spacial score (nSPS) is 12.2. The summed E-state index contributed by atoms with van der Waals surface area (Å²) < 4.78 is 6.61. The summed E-state index contributed by atoms with van der Waals surface area (Å²) >= 11 is 0. The lowest BCUT2D eigenvalue weighted by Crippen LogP contribution is -2.12. The maximum atomic E-state index is 11.6. The van der Waals surface area contributed by atoms with Gasteiger partial charge in [-0.1, -0.05) is 12.1 Å². The second-order valence-electron chi connectivity index (χ2n) is 4.50. The molecule has 0 fully saturated rings. The Morgan fingerprint density at radius 2 is 2.10 bits per heavy atom. The fourth-order valence-electron chi connectivity index (χ4n) is 1.87. The van der Waals surface area contributed by atoms with E-state index < -0.39 is 0 Å². The number of nitrogens with one attached hydrogen (secondary N) is 1. The highest BCUT2D eigenvalue weighted by Gasteiger charge is 2.10. The van der Waals surface area contributed by atoms with Gasteiger partial charge >= 0.3 is 5.97 Å². The van der Waals surface area contributed by atoms with Gasteiger partial charge in [-0.15, -0.1) is 0 Å². The molecule has 0 radical (unpaired) electrons. The van der Waals surface area contributed by atoms with Gasteiger partial charge in [0.05, 0.1) is 24.1 Å². The van der Waals surface area contributed by atoms with Crippen LogP contribution in [0.1, 0.15) is 35.8 Å². The number of nitrogens with zero attached hydrogens (tertiary/aromatic N) is 2. The van der Waals surface area contributed by atoms with Crippen LogP contribution in [0.25, 0.3) is 5.69 Å². The summed E-state index contributed by atoms with van der Waals surface area (Å²) in [4.78, 5) is 11.6. The van der Waals surface area contributed by atoms with Gasteiger partial charge in [0.1, 0.15) is 0 Å². The largest absolute Gasteiger partial charge is 0.462 e. The first-order valence-electron chi connectivity index (χ1n) is 6.65. The molecule has 2 aromatic rings. The molecule has 0 aliphatic carbocycles. The Morgan fingerprint density at radius 3 is 2.70 bits per heavy atom. The Balaban J connectivity index is 2.18. The number of carbonyl (C=O) groups is 1. The van der Waals surface area contributed by atoms with Crippen LogP contribution >= 0.6 is 0 Å². The molecule has 1 aromatic carbocycles. The first-order valence-corrected chi connectivity index (χ1v) is 6.65. The summed E-state index contributed by atoms with van der Waals surface area (Å²) in [7, 11) is 1.93. The van der Waals surface area contributed by atoms with E-state index in [9.17, 15) is 4.79 Å². The molecule has 5 heteroatoms. The average molecular weight is 273 g/mol. The van der Waals surface area contributed by atoms with Crippen molar-refractivity contribution < 1.29 is 9.53 Å². The molecule has 0 saturated heterocycles. The number of ether oxygens (including phenoxy) is 1. The third kappa shape index (κ3) is 3.05. The van der Waals surface area contributed by atoms with Crippen LogP contribution in [-0.2, 0) is 4.74 Å². The van der Waals surface area contributed by atoms with Gasteiger partial charge in [-0.05, 0) is 38.6 Å². The molecule has 0 amide bonds. The average Bonchev–Trinajstić information content (AvgIpc) is 2.97. The number of hydrogen-bond donors (Lipinski definition) is 1. The van der Waals surface area contributed by atoms with Crippen LogP contribution in [0.5, 0.6) is 0 Å². The van der Waals surface area contributed by atoms with Crippen molar-refractivity contribution in [2.45, 2.75) is 19.9 Å². The third-order valence-electron chi connectivity index (χ3n) is 3.18. The van der Waals surface area contributed by atoms with Gasteiger partial charge in [-0.2, -0.15) is 5.10 Å². The van der Waals surface area contributed by atoms with Crippen LogP contribution in [-0.4, -0.2) is 29.4 Å². The summed E-state index contributed by atoms with van der Waals surface area (Å²) in [6, 6.07) is 8.34. The Bertz CT molecular complexity index is 575.